The Labute approximate surface area is 96.6 Å². The monoisotopic (exact) mass is 218 g/mol. The van der Waals surface area contributed by atoms with Crippen molar-refractivity contribution in [3.63, 3.8) is 0 Å². The molecule has 0 radical (unpaired) electrons. The summed E-state index contributed by atoms with van der Waals surface area (Å²) in [5.41, 5.74) is 2.82. The molecule has 1 aromatic rings. The highest BCUT2D eigenvalue weighted by Crippen LogP contribution is 2.25. The van der Waals surface area contributed by atoms with E-state index in [-0.39, 0.29) is 18.3 Å². The van der Waals surface area contributed by atoms with E-state index in [9.17, 15) is 4.79 Å². The molecule has 0 aromatic heterocycles. The minimum Gasteiger partial charge on any atom is -0.486 e. The minimum absolute atomic E-state index is 0.0504. The smallest absolute Gasteiger partial charge is 0.172 e. The van der Waals surface area contributed by atoms with Gasteiger partial charge in [0, 0.05) is 5.92 Å². The molecule has 2 heteroatoms. The molecular formula is C14H18O2. The first-order valence-electron chi connectivity index (χ1n) is 5.94. The molecule has 0 unspecified atom stereocenters. The molecule has 0 atom stereocenters. The molecular weight excluding hydrogens is 200 g/mol. The number of benzene rings is 1. The third-order valence-electron chi connectivity index (χ3n) is 3.10. The molecule has 1 aliphatic rings. The second kappa shape index (κ2) is 4.69. The van der Waals surface area contributed by atoms with E-state index in [4.69, 9.17) is 4.74 Å². The van der Waals surface area contributed by atoms with Crippen LogP contribution < -0.4 is 4.74 Å². The molecule has 86 valence electrons. The highest BCUT2D eigenvalue weighted by Gasteiger charge is 2.12. The normalized spacial score (nSPS) is 13.9. The Morgan fingerprint density at radius 2 is 2.06 bits per heavy atom. The summed E-state index contributed by atoms with van der Waals surface area (Å²) < 4.78 is 5.50. The second-order valence-electron chi connectivity index (χ2n) is 4.69. The molecule has 1 aliphatic carbocycles. The van der Waals surface area contributed by atoms with Crippen LogP contribution in [-0.2, 0) is 17.6 Å². The molecule has 0 heterocycles. The van der Waals surface area contributed by atoms with Crippen LogP contribution in [0.15, 0.2) is 18.2 Å². The van der Waals surface area contributed by atoms with Gasteiger partial charge in [0.25, 0.3) is 0 Å². The van der Waals surface area contributed by atoms with Crippen molar-refractivity contribution in [2.75, 3.05) is 6.61 Å². The van der Waals surface area contributed by atoms with E-state index in [2.05, 4.69) is 12.1 Å². The zero-order valence-corrected chi connectivity index (χ0v) is 9.95. The first-order valence-corrected chi connectivity index (χ1v) is 5.94. The summed E-state index contributed by atoms with van der Waals surface area (Å²) in [5, 5.41) is 0. The SMILES string of the molecule is CC(C)C(=O)COc1ccc2c(c1)CCC2. The lowest BCUT2D eigenvalue weighted by Crippen LogP contribution is -2.16. The number of carbonyl (C=O) groups excluding carboxylic acids is 1. The molecule has 0 amide bonds. The number of fused-ring (bicyclic) bond motifs is 1. The van der Waals surface area contributed by atoms with E-state index >= 15 is 0 Å². The molecule has 16 heavy (non-hydrogen) atoms. The number of carbonyl (C=O) groups is 1. The average Bonchev–Trinajstić information content (AvgIpc) is 2.72. The Morgan fingerprint density at radius 1 is 1.31 bits per heavy atom. The van der Waals surface area contributed by atoms with Crippen LogP contribution in [0.25, 0.3) is 0 Å². The summed E-state index contributed by atoms with van der Waals surface area (Å²) in [7, 11) is 0. The number of rotatable bonds is 4. The summed E-state index contributed by atoms with van der Waals surface area (Å²) in [5.74, 6) is 1.03. The van der Waals surface area contributed by atoms with E-state index in [1.54, 1.807) is 0 Å². The maximum Gasteiger partial charge on any atom is 0.172 e. The van der Waals surface area contributed by atoms with Crippen molar-refractivity contribution in [3.8, 4) is 5.75 Å². The van der Waals surface area contributed by atoms with Gasteiger partial charge in [0.15, 0.2) is 5.78 Å². The van der Waals surface area contributed by atoms with Crippen molar-refractivity contribution in [1.82, 2.24) is 0 Å². The maximum absolute atomic E-state index is 11.4. The molecule has 0 spiro atoms. The van der Waals surface area contributed by atoms with Crippen molar-refractivity contribution in [2.45, 2.75) is 33.1 Å². The quantitative estimate of drug-likeness (QED) is 0.776. The Kier molecular flexibility index (Phi) is 3.28. The van der Waals surface area contributed by atoms with Gasteiger partial charge < -0.3 is 4.74 Å². The van der Waals surface area contributed by atoms with E-state index in [0.29, 0.717) is 0 Å². The predicted octanol–water partition coefficient (Wildman–Crippen LogP) is 2.78. The lowest BCUT2D eigenvalue weighted by Gasteiger charge is -2.08. The first-order chi connectivity index (χ1) is 7.66. The summed E-state index contributed by atoms with van der Waals surface area (Å²) in [6.07, 6.45) is 3.56. The second-order valence-corrected chi connectivity index (χ2v) is 4.69. The lowest BCUT2D eigenvalue weighted by molar-refractivity contribution is -0.123. The van der Waals surface area contributed by atoms with Gasteiger partial charge in [-0.15, -0.1) is 0 Å². The Balaban J connectivity index is 1.98. The Hall–Kier alpha value is -1.31. The van der Waals surface area contributed by atoms with Crippen molar-refractivity contribution in [1.29, 1.82) is 0 Å². The van der Waals surface area contributed by atoms with Gasteiger partial charge in [0.1, 0.15) is 12.4 Å². The van der Waals surface area contributed by atoms with Gasteiger partial charge >= 0.3 is 0 Å². The van der Waals surface area contributed by atoms with E-state index in [1.807, 2.05) is 19.9 Å². The first kappa shape index (κ1) is 11.2. The van der Waals surface area contributed by atoms with Crippen molar-refractivity contribution in [2.24, 2.45) is 5.92 Å². The summed E-state index contributed by atoms with van der Waals surface area (Å²) in [6, 6.07) is 6.17. The van der Waals surface area contributed by atoms with Crippen LogP contribution in [0.3, 0.4) is 0 Å². The van der Waals surface area contributed by atoms with Gasteiger partial charge in [-0.1, -0.05) is 19.9 Å². The van der Waals surface area contributed by atoms with Crippen molar-refractivity contribution < 1.29 is 9.53 Å². The molecule has 0 fully saturated rings. The zero-order chi connectivity index (χ0) is 11.5. The van der Waals surface area contributed by atoms with Crippen LogP contribution in [-0.4, -0.2) is 12.4 Å². The third-order valence-corrected chi connectivity index (χ3v) is 3.10. The van der Waals surface area contributed by atoms with E-state index in [0.717, 1.165) is 12.2 Å². The van der Waals surface area contributed by atoms with Crippen LogP contribution in [0, 0.1) is 5.92 Å². The fraction of sp³-hybridized carbons (Fsp3) is 0.500. The molecule has 2 nitrogen and oxygen atoms in total. The molecule has 0 aliphatic heterocycles. The van der Waals surface area contributed by atoms with Gasteiger partial charge in [0.2, 0.25) is 0 Å². The zero-order valence-electron chi connectivity index (χ0n) is 9.95. The molecule has 0 saturated heterocycles. The number of hydrogen-bond donors (Lipinski definition) is 0. The fourth-order valence-corrected chi connectivity index (χ4v) is 1.96. The molecule has 0 saturated carbocycles. The van der Waals surface area contributed by atoms with Crippen LogP contribution in [0.1, 0.15) is 31.4 Å². The largest absolute Gasteiger partial charge is 0.486 e. The Morgan fingerprint density at radius 3 is 2.81 bits per heavy atom. The van der Waals surface area contributed by atoms with E-state index in [1.165, 1.54) is 24.0 Å². The maximum atomic E-state index is 11.4. The number of ketones is 1. The average molecular weight is 218 g/mol. The van der Waals surface area contributed by atoms with Crippen LogP contribution >= 0.6 is 0 Å². The van der Waals surface area contributed by atoms with Gasteiger partial charge in [-0.25, -0.2) is 0 Å². The van der Waals surface area contributed by atoms with Crippen molar-refractivity contribution >= 4 is 5.78 Å². The molecule has 0 N–H and O–H groups in total. The van der Waals surface area contributed by atoms with Crippen LogP contribution in [0.4, 0.5) is 0 Å². The Bertz CT molecular complexity index is 394. The summed E-state index contributed by atoms with van der Waals surface area (Å²) in [6.45, 7) is 3.99. The molecule has 1 aromatic carbocycles. The van der Waals surface area contributed by atoms with Gasteiger partial charge in [0.05, 0.1) is 0 Å². The number of Topliss-reactive ketones (excluding diaryl/α,β-unsaturated/α-hetero) is 1. The fourth-order valence-electron chi connectivity index (χ4n) is 1.96. The highest BCUT2D eigenvalue weighted by molar-refractivity contribution is 5.81. The van der Waals surface area contributed by atoms with Gasteiger partial charge in [-0.2, -0.15) is 0 Å². The third kappa shape index (κ3) is 2.43. The topological polar surface area (TPSA) is 26.3 Å². The van der Waals surface area contributed by atoms with Crippen LogP contribution in [0.5, 0.6) is 5.75 Å². The number of ether oxygens (including phenoxy) is 1. The van der Waals surface area contributed by atoms with Crippen LogP contribution in [0.2, 0.25) is 0 Å². The minimum atomic E-state index is 0.0504. The van der Waals surface area contributed by atoms with Gasteiger partial charge in [-0.05, 0) is 42.5 Å². The summed E-state index contributed by atoms with van der Waals surface area (Å²) in [4.78, 5) is 11.4. The van der Waals surface area contributed by atoms with Gasteiger partial charge in [-0.3, -0.25) is 4.79 Å². The number of hydrogen-bond acceptors (Lipinski definition) is 2. The molecule has 0 bridgehead atoms. The highest BCUT2D eigenvalue weighted by atomic mass is 16.5. The van der Waals surface area contributed by atoms with Crippen molar-refractivity contribution in [3.05, 3.63) is 29.3 Å². The molecule has 2 rings (SSSR count). The summed E-state index contributed by atoms with van der Waals surface area (Å²) >= 11 is 0. The van der Waals surface area contributed by atoms with E-state index < -0.39 is 0 Å². The predicted molar refractivity (Wildman–Crippen MR) is 63.8 cm³/mol. The standard InChI is InChI=1S/C14H18O2/c1-10(2)14(15)9-16-13-7-6-11-4-3-5-12(11)8-13/h6-8,10H,3-5,9H2,1-2H3. The lowest BCUT2D eigenvalue weighted by atomic mass is 10.1. The number of aryl methyl sites for hydroxylation is 2.